The van der Waals surface area contributed by atoms with Gasteiger partial charge in [0.25, 0.3) is 0 Å². The summed E-state index contributed by atoms with van der Waals surface area (Å²) in [7, 11) is 1.53. The van der Waals surface area contributed by atoms with Crippen LogP contribution in [-0.2, 0) is 13.2 Å². The maximum atomic E-state index is 9.90. The van der Waals surface area contributed by atoms with E-state index in [1.165, 1.54) is 7.11 Å². The average molecular weight is 626 g/mol. The largest absolute Gasteiger partial charge is 0.467 e. The third kappa shape index (κ3) is 5.18. The molecule has 0 spiro atoms. The van der Waals surface area contributed by atoms with Gasteiger partial charge < -0.3 is 14.9 Å². The van der Waals surface area contributed by atoms with Gasteiger partial charge in [0.1, 0.15) is 5.82 Å². The topological polar surface area (TPSA) is 101 Å². The summed E-state index contributed by atoms with van der Waals surface area (Å²) < 4.78 is 7.39. The molecule has 2 aromatic heterocycles. The Bertz CT molecular complexity index is 1320. The zero-order valence-corrected chi connectivity index (χ0v) is 23.5. The number of nitrogens with zero attached hydrogens (tertiary/aromatic N) is 4. The van der Waals surface area contributed by atoms with Crippen LogP contribution < -0.4 is 4.74 Å². The van der Waals surface area contributed by atoms with Gasteiger partial charge in [-0.25, -0.2) is 9.97 Å². The fourth-order valence-electron chi connectivity index (χ4n) is 5.43. The lowest BCUT2D eigenvalue weighted by molar-refractivity contribution is 0.215. The highest BCUT2D eigenvalue weighted by atomic mass is 79.9. The third-order valence-corrected chi connectivity index (χ3v) is 7.99. The van der Waals surface area contributed by atoms with Crippen LogP contribution >= 0.6 is 31.9 Å². The molecule has 2 aromatic carbocycles. The van der Waals surface area contributed by atoms with E-state index < -0.39 is 0 Å². The molecule has 190 valence electrons. The number of aryl methyl sites for hydroxylation is 1. The molecule has 0 unspecified atom stereocenters. The quantitative estimate of drug-likeness (QED) is 0.278. The molecular weight excluding hydrogens is 600 g/mol. The minimum atomic E-state index is -0.209. The smallest absolute Gasteiger partial charge is 0.316 e. The van der Waals surface area contributed by atoms with Gasteiger partial charge in [-0.2, -0.15) is 9.97 Å². The molecule has 37 heavy (non-hydrogen) atoms. The number of rotatable bonds is 7. The summed E-state index contributed by atoms with van der Waals surface area (Å²) in [4.78, 5) is 18.3. The van der Waals surface area contributed by atoms with E-state index in [1.807, 2.05) is 43.3 Å². The highest BCUT2D eigenvalue weighted by Crippen LogP contribution is 2.66. The minimum Gasteiger partial charge on any atom is -0.467 e. The third-order valence-electron chi connectivity index (χ3n) is 6.94. The zero-order chi connectivity index (χ0) is 26.1. The first kappa shape index (κ1) is 25.9. The van der Waals surface area contributed by atoms with E-state index in [1.54, 1.807) is 0 Å². The fraction of sp³-hybridized carbons (Fsp3) is 0.286. The number of hydrogen-bond acceptors (Lipinski definition) is 7. The number of benzene rings is 2. The summed E-state index contributed by atoms with van der Waals surface area (Å²) in [5.41, 5.74) is 5.10. The normalized spacial score (nSPS) is 20.9. The Labute approximate surface area is 232 Å². The molecule has 4 aromatic rings. The number of aliphatic hydroxyl groups is 2. The van der Waals surface area contributed by atoms with Crippen molar-refractivity contribution in [3.8, 4) is 6.01 Å². The lowest BCUT2D eigenvalue weighted by atomic mass is 9.50. The summed E-state index contributed by atoms with van der Waals surface area (Å²) in [5, 5.41) is 19.8. The summed E-state index contributed by atoms with van der Waals surface area (Å²) in [6, 6.07) is 20.7. The Kier molecular flexibility index (Phi) is 7.67. The highest BCUT2D eigenvalue weighted by molar-refractivity contribution is 9.10. The molecule has 0 radical (unpaired) electrons. The Morgan fingerprint density at radius 3 is 1.59 bits per heavy atom. The van der Waals surface area contributed by atoms with Gasteiger partial charge in [0.2, 0.25) is 0 Å². The SMILES string of the molecule is COc1nc(CO)cc(C2[C@H](c3ccc(Br)cc3)C(c3cc(CO)nc(C)n3)[C@H]2c2ccc(Br)cc2)n1. The van der Waals surface area contributed by atoms with Crippen LogP contribution in [0.15, 0.2) is 69.6 Å². The van der Waals surface area contributed by atoms with Gasteiger partial charge >= 0.3 is 6.01 Å². The minimum absolute atomic E-state index is 0.00196. The number of hydrogen-bond donors (Lipinski definition) is 2. The van der Waals surface area contributed by atoms with Gasteiger partial charge in [0, 0.05) is 38.3 Å². The molecule has 0 aliphatic heterocycles. The van der Waals surface area contributed by atoms with Crippen molar-refractivity contribution in [2.75, 3.05) is 7.11 Å². The molecule has 1 saturated carbocycles. The fourth-order valence-corrected chi connectivity index (χ4v) is 5.96. The summed E-state index contributed by atoms with van der Waals surface area (Å²) >= 11 is 7.12. The molecule has 2 atom stereocenters. The molecule has 1 fully saturated rings. The van der Waals surface area contributed by atoms with E-state index in [0.717, 1.165) is 31.5 Å². The van der Waals surface area contributed by atoms with Gasteiger partial charge in [-0.3, -0.25) is 0 Å². The summed E-state index contributed by atoms with van der Waals surface area (Å²) in [5.74, 6) is 0.628. The molecule has 1 aliphatic carbocycles. The first-order chi connectivity index (χ1) is 17.9. The predicted molar refractivity (Wildman–Crippen MR) is 146 cm³/mol. The van der Waals surface area contributed by atoms with Crippen LogP contribution in [-0.4, -0.2) is 37.3 Å². The second-order valence-electron chi connectivity index (χ2n) is 9.12. The van der Waals surface area contributed by atoms with Crippen molar-refractivity contribution in [1.82, 2.24) is 19.9 Å². The van der Waals surface area contributed by atoms with Crippen LogP contribution in [0.1, 0.15) is 63.4 Å². The van der Waals surface area contributed by atoms with Crippen LogP contribution in [0, 0.1) is 6.92 Å². The number of halogens is 2. The molecule has 0 amide bonds. The van der Waals surface area contributed by atoms with Gasteiger partial charge in [-0.1, -0.05) is 56.1 Å². The number of aliphatic hydroxyl groups excluding tert-OH is 2. The lowest BCUT2D eigenvalue weighted by Gasteiger charge is -2.52. The van der Waals surface area contributed by atoms with E-state index >= 15 is 0 Å². The van der Waals surface area contributed by atoms with Crippen molar-refractivity contribution in [2.45, 2.75) is 43.8 Å². The Balaban J connectivity index is 1.73. The van der Waals surface area contributed by atoms with E-state index in [0.29, 0.717) is 17.2 Å². The summed E-state index contributed by atoms with van der Waals surface area (Å²) in [6.07, 6.45) is 0. The van der Waals surface area contributed by atoms with Crippen LogP contribution in [0.4, 0.5) is 0 Å². The number of ether oxygens (including phenoxy) is 1. The average Bonchev–Trinajstić information content (AvgIpc) is 2.89. The standard InChI is InChI=1S/C28H26Br2N4O3/c1-15-31-20(13-35)11-22(32-15)26-24(16-3-7-18(29)8-4-16)27(25(26)17-5-9-19(30)10-6-17)23-12-21(14-36)33-28(34-23)37-2/h3-12,24-27,35-36H,13-14H2,1-2H3/t24-,25-,26?,27?/m1/s1. The lowest BCUT2D eigenvalue weighted by Crippen LogP contribution is -2.41. The van der Waals surface area contributed by atoms with Crippen molar-refractivity contribution in [3.63, 3.8) is 0 Å². The van der Waals surface area contributed by atoms with E-state index in [-0.39, 0.29) is 42.9 Å². The van der Waals surface area contributed by atoms with Crippen molar-refractivity contribution in [1.29, 1.82) is 0 Å². The van der Waals surface area contributed by atoms with E-state index in [4.69, 9.17) is 14.7 Å². The van der Waals surface area contributed by atoms with Crippen LogP contribution in [0.5, 0.6) is 6.01 Å². The van der Waals surface area contributed by atoms with Crippen molar-refractivity contribution < 1.29 is 14.9 Å². The second kappa shape index (κ2) is 10.9. The molecule has 2 N–H and O–H groups in total. The van der Waals surface area contributed by atoms with Crippen LogP contribution in [0.3, 0.4) is 0 Å². The molecule has 0 saturated heterocycles. The van der Waals surface area contributed by atoms with Gasteiger partial charge in [-0.05, 0) is 54.4 Å². The van der Waals surface area contributed by atoms with Gasteiger partial charge in [0.15, 0.2) is 0 Å². The molecular formula is C28H26Br2N4O3. The van der Waals surface area contributed by atoms with E-state index in [2.05, 4.69) is 66.1 Å². The number of methoxy groups -OCH3 is 1. The van der Waals surface area contributed by atoms with Crippen LogP contribution in [0.25, 0.3) is 0 Å². The van der Waals surface area contributed by atoms with Crippen molar-refractivity contribution in [3.05, 3.63) is 109 Å². The Morgan fingerprint density at radius 1 is 0.676 bits per heavy atom. The first-order valence-corrected chi connectivity index (χ1v) is 13.5. The van der Waals surface area contributed by atoms with E-state index in [9.17, 15) is 10.2 Å². The second-order valence-corrected chi connectivity index (χ2v) is 11.0. The highest BCUT2D eigenvalue weighted by Gasteiger charge is 2.54. The molecule has 7 nitrogen and oxygen atoms in total. The molecule has 9 heteroatoms. The maximum absolute atomic E-state index is 9.90. The maximum Gasteiger partial charge on any atom is 0.316 e. The van der Waals surface area contributed by atoms with Crippen LogP contribution in [0.2, 0.25) is 0 Å². The van der Waals surface area contributed by atoms with Crippen molar-refractivity contribution in [2.24, 2.45) is 0 Å². The van der Waals surface area contributed by atoms with Crippen molar-refractivity contribution >= 4 is 31.9 Å². The predicted octanol–water partition coefficient (Wildman–Crippen LogP) is 5.54. The Morgan fingerprint density at radius 2 is 1.14 bits per heavy atom. The zero-order valence-electron chi connectivity index (χ0n) is 20.3. The summed E-state index contributed by atoms with van der Waals surface area (Å²) in [6.45, 7) is 1.49. The first-order valence-electron chi connectivity index (χ1n) is 11.9. The molecule has 0 bridgehead atoms. The number of aromatic nitrogens is 4. The van der Waals surface area contributed by atoms with Gasteiger partial charge in [0.05, 0.1) is 37.4 Å². The van der Waals surface area contributed by atoms with Gasteiger partial charge in [-0.15, -0.1) is 0 Å². The molecule has 5 rings (SSSR count). The Hall–Kier alpha value is -2.72. The molecule has 1 aliphatic rings. The molecule has 2 heterocycles. The monoisotopic (exact) mass is 624 g/mol.